The van der Waals surface area contributed by atoms with E-state index >= 15 is 0 Å². The van der Waals surface area contributed by atoms with Gasteiger partial charge in [0.2, 0.25) is 11.8 Å². The van der Waals surface area contributed by atoms with Crippen molar-refractivity contribution < 1.29 is 14.3 Å². The fraction of sp³-hybridized carbons (Fsp3) is 0.833. The molecule has 1 atom stereocenters. The molecule has 0 saturated carbocycles. The molecular formula is C12H24N2O3. The molecule has 0 saturated heterocycles. The SMILES string of the molecule is CCC(C)NC(=O)CCNC(=O)COC(C)C. The lowest BCUT2D eigenvalue weighted by Gasteiger charge is -2.12. The van der Waals surface area contributed by atoms with Gasteiger partial charge in [-0.1, -0.05) is 6.92 Å². The molecule has 100 valence electrons. The van der Waals surface area contributed by atoms with Crippen LogP contribution in [0.1, 0.15) is 40.5 Å². The van der Waals surface area contributed by atoms with Crippen molar-refractivity contribution in [1.82, 2.24) is 10.6 Å². The van der Waals surface area contributed by atoms with Gasteiger partial charge >= 0.3 is 0 Å². The van der Waals surface area contributed by atoms with Crippen molar-refractivity contribution in [1.29, 1.82) is 0 Å². The summed E-state index contributed by atoms with van der Waals surface area (Å²) in [7, 11) is 0. The molecule has 17 heavy (non-hydrogen) atoms. The highest BCUT2D eigenvalue weighted by Crippen LogP contribution is 1.89. The average Bonchev–Trinajstić information content (AvgIpc) is 2.26. The van der Waals surface area contributed by atoms with Crippen LogP contribution in [-0.2, 0) is 14.3 Å². The molecule has 0 radical (unpaired) electrons. The second-order valence-corrected chi connectivity index (χ2v) is 4.34. The Labute approximate surface area is 103 Å². The molecule has 0 fully saturated rings. The molecule has 1 unspecified atom stereocenters. The highest BCUT2D eigenvalue weighted by molar-refractivity contribution is 5.79. The Morgan fingerprint density at radius 3 is 2.35 bits per heavy atom. The van der Waals surface area contributed by atoms with Crippen molar-refractivity contribution in [2.24, 2.45) is 0 Å². The van der Waals surface area contributed by atoms with E-state index < -0.39 is 0 Å². The first kappa shape index (κ1) is 15.9. The standard InChI is InChI=1S/C12H24N2O3/c1-5-10(4)14-11(15)6-7-13-12(16)8-17-9(2)3/h9-10H,5-8H2,1-4H3,(H,13,16)(H,14,15). The summed E-state index contributed by atoms with van der Waals surface area (Å²) in [6.45, 7) is 8.09. The number of carbonyl (C=O) groups is 2. The highest BCUT2D eigenvalue weighted by atomic mass is 16.5. The minimum absolute atomic E-state index is 0.0365. The molecule has 0 bridgehead atoms. The van der Waals surface area contributed by atoms with Gasteiger partial charge in [-0.3, -0.25) is 9.59 Å². The van der Waals surface area contributed by atoms with E-state index in [9.17, 15) is 9.59 Å². The largest absolute Gasteiger partial charge is 0.369 e. The predicted octanol–water partition coefficient (Wildman–Crippen LogP) is 0.832. The third kappa shape index (κ3) is 9.81. The molecule has 2 N–H and O–H groups in total. The second-order valence-electron chi connectivity index (χ2n) is 4.34. The van der Waals surface area contributed by atoms with Crippen LogP contribution in [-0.4, -0.2) is 37.1 Å². The molecular weight excluding hydrogens is 220 g/mol. The molecule has 0 aromatic carbocycles. The van der Waals surface area contributed by atoms with E-state index in [1.165, 1.54) is 0 Å². The van der Waals surface area contributed by atoms with Crippen molar-refractivity contribution in [3.05, 3.63) is 0 Å². The van der Waals surface area contributed by atoms with E-state index in [1.54, 1.807) is 0 Å². The Balaban J connectivity index is 3.55. The zero-order valence-corrected chi connectivity index (χ0v) is 11.2. The van der Waals surface area contributed by atoms with Crippen LogP contribution in [0, 0.1) is 0 Å². The molecule has 0 rings (SSSR count). The van der Waals surface area contributed by atoms with E-state index in [1.807, 2.05) is 27.7 Å². The number of amides is 2. The summed E-state index contributed by atoms with van der Waals surface area (Å²) < 4.78 is 5.13. The Hall–Kier alpha value is -1.10. The normalized spacial score (nSPS) is 12.3. The van der Waals surface area contributed by atoms with Crippen LogP contribution in [0.25, 0.3) is 0 Å². The van der Waals surface area contributed by atoms with Crippen LogP contribution in [0.5, 0.6) is 0 Å². The molecule has 0 aromatic rings. The monoisotopic (exact) mass is 244 g/mol. The number of hydrogen-bond acceptors (Lipinski definition) is 3. The molecule has 0 spiro atoms. The van der Waals surface area contributed by atoms with Crippen molar-refractivity contribution in [2.45, 2.75) is 52.7 Å². The summed E-state index contributed by atoms with van der Waals surface area (Å²) in [5.74, 6) is -0.223. The Bertz CT molecular complexity index is 242. The number of ether oxygens (including phenoxy) is 1. The zero-order valence-electron chi connectivity index (χ0n) is 11.2. The van der Waals surface area contributed by atoms with Gasteiger partial charge in [-0.25, -0.2) is 0 Å². The first-order valence-corrected chi connectivity index (χ1v) is 6.13. The highest BCUT2D eigenvalue weighted by Gasteiger charge is 2.07. The van der Waals surface area contributed by atoms with Crippen LogP contribution in [0.4, 0.5) is 0 Å². The quantitative estimate of drug-likeness (QED) is 0.664. The third-order valence-electron chi connectivity index (χ3n) is 2.24. The van der Waals surface area contributed by atoms with Crippen LogP contribution < -0.4 is 10.6 Å². The van der Waals surface area contributed by atoms with Crippen molar-refractivity contribution in [3.63, 3.8) is 0 Å². The van der Waals surface area contributed by atoms with E-state index in [-0.39, 0.29) is 30.6 Å². The van der Waals surface area contributed by atoms with E-state index in [0.29, 0.717) is 13.0 Å². The molecule has 5 heteroatoms. The van der Waals surface area contributed by atoms with Gasteiger partial charge in [-0.2, -0.15) is 0 Å². The number of nitrogens with one attached hydrogen (secondary N) is 2. The number of rotatable bonds is 8. The summed E-state index contributed by atoms with van der Waals surface area (Å²) in [6, 6.07) is 0.183. The number of hydrogen-bond donors (Lipinski definition) is 2. The molecule has 5 nitrogen and oxygen atoms in total. The van der Waals surface area contributed by atoms with Crippen molar-refractivity contribution >= 4 is 11.8 Å². The van der Waals surface area contributed by atoms with Crippen LogP contribution in [0.3, 0.4) is 0 Å². The summed E-state index contributed by atoms with van der Waals surface area (Å²) in [5, 5.41) is 5.47. The fourth-order valence-corrected chi connectivity index (χ4v) is 1.06. The van der Waals surface area contributed by atoms with E-state index in [2.05, 4.69) is 10.6 Å². The molecule has 0 aromatic heterocycles. The summed E-state index contributed by atoms with van der Waals surface area (Å²) in [5.41, 5.74) is 0. The second kappa shape index (κ2) is 8.98. The Morgan fingerprint density at radius 2 is 1.82 bits per heavy atom. The maximum absolute atomic E-state index is 11.4. The lowest BCUT2D eigenvalue weighted by Crippen LogP contribution is -2.36. The topological polar surface area (TPSA) is 67.4 Å². The Kier molecular flexibility index (Phi) is 8.40. The summed E-state index contributed by atoms with van der Waals surface area (Å²) >= 11 is 0. The van der Waals surface area contributed by atoms with Crippen LogP contribution in [0.2, 0.25) is 0 Å². The minimum atomic E-state index is -0.185. The molecule has 0 aliphatic rings. The third-order valence-corrected chi connectivity index (χ3v) is 2.24. The molecule has 0 aliphatic heterocycles. The summed E-state index contributed by atoms with van der Waals surface area (Å²) in [4.78, 5) is 22.6. The van der Waals surface area contributed by atoms with E-state index in [4.69, 9.17) is 4.74 Å². The number of carbonyl (C=O) groups excluding carboxylic acids is 2. The summed E-state index contributed by atoms with van der Waals surface area (Å²) in [6.07, 6.45) is 1.24. The predicted molar refractivity (Wildman–Crippen MR) is 66.6 cm³/mol. The Morgan fingerprint density at radius 1 is 1.18 bits per heavy atom. The molecule has 0 heterocycles. The van der Waals surface area contributed by atoms with Gasteiger partial charge in [0.25, 0.3) is 0 Å². The van der Waals surface area contributed by atoms with E-state index in [0.717, 1.165) is 6.42 Å². The van der Waals surface area contributed by atoms with Gasteiger partial charge in [0, 0.05) is 19.0 Å². The van der Waals surface area contributed by atoms with Crippen molar-refractivity contribution in [2.75, 3.05) is 13.2 Å². The fourth-order valence-electron chi connectivity index (χ4n) is 1.06. The van der Waals surface area contributed by atoms with Crippen molar-refractivity contribution in [3.8, 4) is 0 Å². The maximum atomic E-state index is 11.4. The maximum Gasteiger partial charge on any atom is 0.246 e. The zero-order chi connectivity index (χ0) is 13.3. The van der Waals surface area contributed by atoms with Crippen LogP contribution >= 0.6 is 0 Å². The van der Waals surface area contributed by atoms with Crippen LogP contribution in [0.15, 0.2) is 0 Å². The van der Waals surface area contributed by atoms with Gasteiger partial charge in [-0.05, 0) is 27.2 Å². The first-order chi connectivity index (χ1) is 7.95. The lowest BCUT2D eigenvalue weighted by atomic mass is 10.2. The first-order valence-electron chi connectivity index (χ1n) is 6.13. The van der Waals surface area contributed by atoms with Gasteiger partial charge in [0.1, 0.15) is 6.61 Å². The van der Waals surface area contributed by atoms with Gasteiger partial charge < -0.3 is 15.4 Å². The minimum Gasteiger partial charge on any atom is -0.369 e. The molecule has 2 amide bonds. The lowest BCUT2D eigenvalue weighted by molar-refractivity contribution is -0.127. The average molecular weight is 244 g/mol. The molecule has 0 aliphatic carbocycles. The van der Waals surface area contributed by atoms with Gasteiger partial charge in [0.15, 0.2) is 0 Å². The van der Waals surface area contributed by atoms with Gasteiger partial charge in [0.05, 0.1) is 6.10 Å². The van der Waals surface area contributed by atoms with Gasteiger partial charge in [-0.15, -0.1) is 0 Å². The smallest absolute Gasteiger partial charge is 0.246 e.